The van der Waals surface area contributed by atoms with Gasteiger partial charge in [-0.25, -0.2) is 9.18 Å². The van der Waals surface area contributed by atoms with Crippen molar-refractivity contribution in [1.82, 2.24) is 15.5 Å². The largest absolute Gasteiger partial charge is 0.494 e. The number of carbonyl (C=O) groups excluding carboxylic acids is 2. The van der Waals surface area contributed by atoms with Crippen LogP contribution in [0.4, 0.5) is 9.18 Å². The van der Waals surface area contributed by atoms with E-state index in [1.807, 2.05) is 0 Å². The monoisotopic (exact) mass is 359 g/mol. The zero-order valence-corrected chi connectivity index (χ0v) is 15.0. The highest BCUT2D eigenvalue weighted by atomic mass is 19.1. The zero-order chi connectivity index (χ0) is 19.1. The number of benzene rings is 2. The lowest BCUT2D eigenvalue weighted by atomic mass is 10.1. The maximum absolute atomic E-state index is 13.7. The minimum atomic E-state index is -0.463. The van der Waals surface area contributed by atoms with Gasteiger partial charge in [-0.05, 0) is 35.4 Å². The number of ether oxygens (including phenoxy) is 1. The van der Waals surface area contributed by atoms with E-state index in [1.165, 1.54) is 24.1 Å². The van der Waals surface area contributed by atoms with Crippen molar-refractivity contribution in [2.24, 2.45) is 0 Å². The molecule has 0 atom stereocenters. The fourth-order valence-corrected chi connectivity index (χ4v) is 2.38. The first kappa shape index (κ1) is 19.2. The second-order valence-corrected chi connectivity index (χ2v) is 5.76. The van der Waals surface area contributed by atoms with Gasteiger partial charge in [0.1, 0.15) is 0 Å². The Labute approximate surface area is 152 Å². The molecule has 0 unspecified atom stereocenters. The Balaban J connectivity index is 1.88. The highest BCUT2D eigenvalue weighted by molar-refractivity contribution is 5.93. The summed E-state index contributed by atoms with van der Waals surface area (Å²) in [5, 5.41) is 5.34. The van der Waals surface area contributed by atoms with Gasteiger partial charge in [0.2, 0.25) is 0 Å². The molecule has 0 aliphatic rings. The van der Waals surface area contributed by atoms with Gasteiger partial charge < -0.3 is 20.3 Å². The topological polar surface area (TPSA) is 70.7 Å². The Morgan fingerprint density at radius 2 is 1.77 bits per heavy atom. The first-order valence-electron chi connectivity index (χ1n) is 8.07. The number of nitrogens with one attached hydrogen (secondary N) is 2. The number of urea groups is 1. The van der Waals surface area contributed by atoms with Gasteiger partial charge in [-0.2, -0.15) is 0 Å². The van der Waals surface area contributed by atoms with Crippen molar-refractivity contribution in [3.63, 3.8) is 0 Å². The smallest absolute Gasteiger partial charge is 0.317 e. The lowest BCUT2D eigenvalue weighted by molar-refractivity contribution is 0.0963. The molecule has 0 aromatic heterocycles. The minimum Gasteiger partial charge on any atom is -0.494 e. The summed E-state index contributed by atoms with van der Waals surface area (Å²) in [5.41, 5.74) is 2.09. The fraction of sp³-hybridized carbons (Fsp3) is 0.263. The summed E-state index contributed by atoms with van der Waals surface area (Å²) in [5.74, 6) is -0.455. The van der Waals surface area contributed by atoms with Crippen LogP contribution in [0.15, 0.2) is 42.5 Å². The van der Waals surface area contributed by atoms with Crippen molar-refractivity contribution in [1.29, 1.82) is 0 Å². The van der Waals surface area contributed by atoms with Crippen LogP contribution in [0, 0.1) is 5.82 Å². The molecule has 0 fully saturated rings. The molecule has 3 amide bonds. The summed E-state index contributed by atoms with van der Waals surface area (Å²) in [6, 6.07) is 11.3. The Morgan fingerprint density at radius 3 is 2.35 bits per heavy atom. The maximum Gasteiger partial charge on any atom is 0.317 e. The highest BCUT2D eigenvalue weighted by Gasteiger charge is 2.11. The van der Waals surface area contributed by atoms with Gasteiger partial charge in [0.15, 0.2) is 11.6 Å². The van der Waals surface area contributed by atoms with Crippen molar-refractivity contribution in [2.75, 3.05) is 21.2 Å². The average Bonchev–Trinajstić information content (AvgIpc) is 2.66. The molecule has 26 heavy (non-hydrogen) atoms. The number of rotatable bonds is 6. The lowest BCUT2D eigenvalue weighted by Gasteiger charge is -2.18. The Hall–Kier alpha value is -3.09. The number of hydrogen-bond donors (Lipinski definition) is 2. The van der Waals surface area contributed by atoms with Crippen LogP contribution in [0.1, 0.15) is 21.5 Å². The molecule has 6 nitrogen and oxygen atoms in total. The van der Waals surface area contributed by atoms with Crippen LogP contribution in [-0.2, 0) is 13.1 Å². The third-order valence-corrected chi connectivity index (χ3v) is 3.87. The summed E-state index contributed by atoms with van der Waals surface area (Å²) in [6.07, 6.45) is 0. The molecule has 0 heterocycles. The minimum absolute atomic E-state index is 0.160. The first-order valence-corrected chi connectivity index (χ1v) is 8.07. The van der Waals surface area contributed by atoms with E-state index in [0.29, 0.717) is 17.7 Å². The van der Waals surface area contributed by atoms with E-state index in [9.17, 15) is 14.0 Å². The SMILES string of the molecule is CNC(=O)c1ccc(CNC(=O)N(C)Cc2ccc(OC)c(F)c2)cc1. The van der Waals surface area contributed by atoms with Crippen LogP contribution in [0.3, 0.4) is 0 Å². The third-order valence-electron chi connectivity index (χ3n) is 3.87. The normalized spacial score (nSPS) is 10.2. The van der Waals surface area contributed by atoms with E-state index in [-0.39, 0.29) is 24.2 Å². The molecule has 2 rings (SSSR count). The van der Waals surface area contributed by atoms with Gasteiger partial charge in [-0.15, -0.1) is 0 Å². The van der Waals surface area contributed by atoms with Crippen LogP contribution >= 0.6 is 0 Å². The van der Waals surface area contributed by atoms with Gasteiger partial charge in [0, 0.05) is 32.7 Å². The summed E-state index contributed by atoms with van der Waals surface area (Å²) in [6.45, 7) is 0.594. The first-order chi connectivity index (χ1) is 12.4. The molecular weight excluding hydrogens is 337 g/mol. The van der Waals surface area contributed by atoms with Crippen LogP contribution in [0.25, 0.3) is 0 Å². The van der Waals surface area contributed by atoms with E-state index in [4.69, 9.17) is 4.74 Å². The average molecular weight is 359 g/mol. The van der Waals surface area contributed by atoms with Gasteiger partial charge in [-0.1, -0.05) is 18.2 Å². The van der Waals surface area contributed by atoms with Gasteiger partial charge in [-0.3, -0.25) is 4.79 Å². The van der Waals surface area contributed by atoms with Crippen molar-refractivity contribution in [3.8, 4) is 5.75 Å². The van der Waals surface area contributed by atoms with Crippen molar-refractivity contribution < 1.29 is 18.7 Å². The number of hydrogen-bond acceptors (Lipinski definition) is 3. The highest BCUT2D eigenvalue weighted by Crippen LogP contribution is 2.18. The van der Waals surface area contributed by atoms with Gasteiger partial charge in [0.05, 0.1) is 7.11 Å². The Bertz CT molecular complexity index is 778. The molecule has 2 N–H and O–H groups in total. The van der Waals surface area contributed by atoms with E-state index >= 15 is 0 Å². The summed E-state index contributed by atoms with van der Waals surface area (Å²) in [4.78, 5) is 25.1. The second kappa shape index (κ2) is 8.84. The molecule has 0 aliphatic carbocycles. The summed E-state index contributed by atoms with van der Waals surface area (Å²) < 4.78 is 18.6. The molecule has 138 valence electrons. The van der Waals surface area contributed by atoms with E-state index in [1.54, 1.807) is 44.4 Å². The van der Waals surface area contributed by atoms with Crippen molar-refractivity contribution >= 4 is 11.9 Å². The molecular formula is C19H22FN3O3. The predicted molar refractivity (Wildman–Crippen MR) is 96.5 cm³/mol. The third kappa shape index (κ3) is 4.95. The number of halogens is 1. The molecule has 0 spiro atoms. The lowest BCUT2D eigenvalue weighted by Crippen LogP contribution is -2.36. The number of carbonyl (C=O) groups is 2. The maximum atomic E-state index is 13.7. The number of methoxy groups -OCH3 is 1. The summed E-state index contributed by atoms with van der Waals surface area (Å²) >= 11 is 0. The molecule has 0 aliphatic heterocycles. The quantitative estimate of drug-likeness (QED) is 0.833. The summed E-state index contributed by atoms with van der Waals surface area (Å²) in [7, 11) is 4.60. The molecule has 0 radical (unpaired) electrons. The van der Waals surface area contributed by atoms with Crippen molar-refractivity contribution in [2.45, 2.75) is 13.1 Å². The van der Waals surface area contributed by atoms with Crippen molar-refractivity contribution in [3.05, 3.63) is 65.0 Å². The van der Waals surface area contributed by atoms with E-state index in [2.05, 4.69) is 10.6 Å². The fourth-order valence-electron chi connectivity index (χ4n) is 2.38. The van der Waals surface area contributed by atoms with Crippen LogP contribution in [-0.4, -0.2) is 38.0 Å². The molecule has 2 aromatic carbocycles. The second-order valence-electron chi connectivity index (χ2n) is 5.76. The molecule has 0 saturated heterocycles. The molecule has 0 saturated carbocycles. The van der Waals surface area contributed by atoms with E-state index in [0.717, 1.165) is 5.56 Å². The standard InChI is InChI=1S/C19H22FN3O3/c1-21-18(24)15-7-4-13(5-8-15)11-22-19(25)23(2)12-14-6-9-17(26-3)16(20)10-14/h4-10H,11-12H2,1-3H3,(H,21,24)(H,22,25). The van der Waals surface area contributed by atoms with Crippen LogP contribution in [0.5, 0.6) is 5.75 Å². The van der Waals surface area contributed by atoms with Crippen LogP contribution in [0.2, 0.25) is 0 Å². The van der Waals surface area contributed by atoms with E-state index < -0.39 is 5.82 Å². The number of nitrogens with zero attached hydrogens (tertiary/aromatic N) is 1. The number of amides is 3. The van der Waals surface area contributed by atoms with Crippen LogP contribution < -0.4 is 15.4 Å². The predicted octanol–water partition coefficient (Wildman–Crippen LogP) is 2.54. The Morgan fingerprint density at radius 1 is 1.12 bits per heavy atom. The van der Waals surface area contributed by atoms with Gasteiger partial charge >= 0.3 is 6.03 Å². The molecule has 7 heteroatoms. The zero-order valence-electron chi connectivity index (χ0n) is 15.0. The molecule has 0 bridgehead atoms. The Kier molecular flexibility index (Phi) is 6.54. The van der Waals surface area contributed by atoms with Gasteiger partial charge in [0.25, 0.3) is 5.91 Å². The molecule has 2 aromatic rings.